The van der Waals surface area contributed by atoms with Crippen LogP contribution < -0.4 is 19.5 Å². The normalized spacial score (nSPS) is 10.8. The number of hydrogen-bond donors (Lipinski definition) is 2. The van der Waals surface area contributed by atoms with Gasteiger partial charge in [0.25, 0.3) is 0 Å². The van der Waals surface area contributed by atoms with Gasteiger partial charge < -0.3 is 24.5 Å². The molecule has 0 fully saturated rings. The Labute approximate surface area is 141 Å². The Morgan fingerprint density at radius 1 is 0.958 bits per heavy atom. The van der Waals surface area contributed by atoms with Crippen LogP contribution in [0.2, 0.25) is 0 Å². The number of nitrogens with one attached hydrogen (secondary N) is 2. The quantitative estimate of drug-likeness (QED) is 0.623. The monoisotopic (exact) mass is 326 g/mol. The van der Waals surface area contributed by atoms with Crippen LogP contribution >= 0.6 is 0 Å². The van der Waals surface area contributed by atoms with E-state index in [0.717, 1.165) is 24.3 Å². The summed E-state index contributed by atoms with van der Waals surface area (Å²) in [5.41, 5.74) is 2.32. The molecule has 0 atom stereocenters. The largest absolute Gasteiger partial charge is 0.493 e. The molecule has 0 amide bonds. The summed E-state index contributed by atoms with van der Waals surface area (Å²) < 4.78 is 16.5. The highest BCUT2D eigenvalue weighted by molar-refractivity contribution is 5.80. The lowest BCUT2D eigenvalue weighted by Crippen LogP contribution is -2.21. The maximum Gasteiger partial charge on any atom is 0.203 e. The van der Waals surface area contributed by atoms with Crippen LogP contribution in [0.1, 0.15) is 5.69 Å². The standard InChI is InChI=1S/C19H22N2O3/c1-22-17-8-5-9-18(23-2)19(17)24-11-10-20-13-15-12-14-6-3-4-7-16(14)21-15/h3-9,12,20-21H,10-11,13H2,1-2H3. The van der Waals surface area contributed by atoms with Gasteiger partial charge in [0.2, 0.25) is 5.75 Å². The number of fused-ring (bicyclic) bond motifs is 1. The number of aromatic nitrogens is 1. The Kier molecular flexibility index (Phi) is 5.23. The second-order valence-electron chi connectivity index (χ2n) is 5.40. The average molecular weight is 326 g/mol. The molecule has 3 aromatic rings. The van der Waals surface area contributed by atoms with E-state index in [1.54, 1.807) is 14.2 Å². The minimum Gasteiger partial charge on any atom is -0.493 e. The molecule has 0 saturated carbocycles. The van der Waals surface area contributed by atoms with Crippen LogP contribution in [-0.2, 0) is 6.54 Å². The molecule has 0 spiro atoms. The van der Waals surface area contributed by atoms with Crippen LogP contribution in [0.25, 0.3) is 10.9 Å². The highest BCUT2D eigenvalue weighted by Gasteiger charge is 2.10. The molecule has 3 rings (SSSR count). The van der Waals surface area contributed by atoms with Crippen LogP contribution in [-0.4, -0.2) is 32.4 Å². The third-order valence-corrected chi connectivity index (χ3v) is 3.81. The Hall–Kier alpha value is -2.66. The molecule has 1 heterocycles. The van der Waals surface area contributed by atoms with Gasteiger partial charge in [-0.15, -0.1) is 0 Å². The summed E-state index contributed by atoms with van der Waals surface area (Å²) >= 11 is 0. The minimum absolute atomic E-state index is 0.525. The van der Waals surface area contributed by atoms with E-state index in [2.05, 4.69) is 28.5 Å². The summed E-state index contributed by atoms with van der Waals surface area (Å²) in [6, 6.07) is 16.0. The molecule has 0 aliphatic carbocycles. The van der Waals surface area contributed by atoms with E-state index in [9.17, 15) is 0 Å². The van der Waals surface area contributed by atoms with Crippen molar-refractivity contribution in [2.75, 3.05) is 27.4 Å². The number of benzene rings is 2. The molecule has 0 unspecified atom stereocenters. The van der Waals surface area contributed by atoms with Crippen molar-refractivity contribution >= 4 is 10.9 Å². The number of aromatic amines is 1. The summed E-state index contributed by atoms with van der Waals surface area (Å²) in [6.45, 7) is 2.01. The summed E-state index contributed by atoms with van der Waals surface area (Å²) in [7, 11) is 3.24. The van der Waals surface area contributed by atoms with E-state index >= 15 is 0 Å². The molecule has 0 aliphatic heterocycles. The molecular formula is C19H22N2O3. The van der Waals surface area contributed by atoms with Crippen LogP contribution in [0.4, 0.5) is 0 Å². The van der Waals surface area contributed by atoms with E-state index in [-0.39, 0.29) is 0 Å². The predicted octanol–water partition coefficient (Wildman–Crippen LogP) is 3.35. The number of methoxy groups -OCH3 is 2. The summed E-state index contributed by atoms with van der Waals surface area (Å²) in [5.74, 6) is 1.98. The van der Waals surface area contributed by atoms with Crippen molar-refractivity contribution in [2.24, 2.45) is 0 Å². The number of para-hydroxylation sites is 2. The topological polar surface area (TPSA) is 55.5 Å². The fourth-order valence-corrected chi connectivity index (χ4v) is 2.64. The molecule has 5 heteroatoms. The molecule has 5 nitrogen and oxygen atoms in total. The van der Waals surface area contributed by atoms with Gasteiger partial charge in [0, 0.05) is 24.3 Å². The van der Waals surface area contributed by atoms with Crippen LogP contribution in [0.15, 0.2) is 48.5 Å². The molecule has 0 radical (unpaired) electrons. The van der Waals surface area contributed by atoms with Gasteiger partial charge in [0.05, 0.1) is 14.2 Å². The van der Waals surface area contributed by atoms with Crippen LogP contribution in [0.3, 0.4) is 0 Å². The highest BCUT2D eigenvalue weighted by atomic mass is 16.5. The first-order valence-corrected chi connectivity index (χ1v) is 7.93. The zero-order valence-electron chi connectivity index (χ0n) is 14.0. The van der Waals surface area contributed by atoms with Gasteiger partial charge in [-0.2, -0.15) is 0 Å². The molecular weight excluding hydrogens is 304 g/mol. The molecule has 1 aromatic heterocycles. The van der Waals surface area contributed by atoms with Gasteiger partial charge in [-0.25, -0.2) is 0 Å². The van der Waals surface area contributed by atoms with Gasteiger partial charge >= 0.3 is 0 Å². The van der Waals surface area contributed by atoms with Gasteiger partial charge in [0.15, 0.2) is 11.5 Å². The van der Waals surface area contributed by atoms with Crippen molar-refractivity contribution < 1.29 is 14.2 Å². The Bertz CT molecular complexity index is 743. The third-order valence-electron chi connectivity index (χ3n) is 3.81. The lowest BCUT2D eigenvalue weighted by atomic mass is 10.2. The fourth-order valence-electron chi connectivity index (χ4n) is 2.64. The van der Waals surface area contributed by atoms with Crippen molar-refractivity contribution in [2.45, 2.75) is 6.54 Å². The number of rotatable bonds is 8. The first kappa shape index (κ1) is 16.2. The summed E-state index contributed by atoms with van der Waals surface area (Å²) in [6.07, 6.45) is 0. The molecule has 2 N–H and O–H groups in total. The van der Waals surface area contributed by atoms with Crippen molar-refractivity contribution in [3.05, 3.63) is 54.2 Å². The zero-order chi connectivity index (χ0) is 16.8. The van der Waals surface area contributed by atoms with Gasteiger partial charge in [-0.1, -0.05) is 24.3 Å². The van der Waals surface area contributed by atoms with Crippen LogP contribution in [0, 0.1) is 0 Å². The molecule has 126 valence electrons. The van der Waals surface area contributed by atoms with E-state index in [1.807, 2.05) is 30.3 Å². The van der Waals surface area contributed by atoms with Crippen molar-refractivity contribution in [3.8, 4) is 17.2 Å². The zero-order valence-corrected chi connectivity index (χ0v) is 14.0. The van der Waals surface area contributed by atoms with E-state index in [1.165, 1.54) is 5.39 Å². The van der Waals surface area contributed by atoms with E-state index in [0.29, 0.717) is 23.9 Å². The van der Waals surface area contributed by atoms with Crippen LogP contribution in [0.5, 0.6) is 17.2 Å². The lowest BCUT2D eigenvalue weighted by Gasteiger charge is -2.14. The van der Waals surface area contributed by atoms with Gasteiger partial charge in [-0.3, -0.25) is 0 Å². The Balaban J connectivity index is 1.50. The predicted molar refractivity (Wildman–Crippen MR) is 95.0 cm³/mol. The van der Waals surface area contributed by atoms with Crippen molar-refractivity contribution in [1.82, 2.24) is 10.3 Å². The molecule has 0 aliphatic rings. The molecule has 0 saturated heterocycles. The smallest absolute Gasteiger partial charge is 0.203 e. The number of hydrogen-bond acceptors (Lipinski definition) is 4. The van der Waals surface area contributed by atoms with Crippen molar-refractivity contribution in [1.29, 1.82) is 0 Å². The second-order valence-corrected chi connectivity index (χ2v) is 5.40. The lowest BCUT2D eigenvalue weighted by molar-refractivity contribution is 0.273. The maximum atomic E-state index is 5.82. The van der Waals surface area contributed by atoms with Gasteiger partial charge in [0.1, 0.15) is 6.61 Å². The maximum absolute atomic E-state index is 5.82. The fraction of sp³-hybridized carbons (Fsp3) is 0.263. The third kappa shape index (κ3) is 3.63. The molecule has 0 bridgehead atoms. The molecule has 24 heavy (non-hydrogen) atoms. The Morgan fingerprint density at radius 2 is 1.71 bits per heavy atom. The number of H-pyrrole nitrogens is 1. The van der Waals surface area contributed by atoms with Crippen molar-refractivity contribution in [3.63, 3.8) is 0 Å². The summed E-state index contributed by atoms with van der Waals surface area (Å²) in [5, 5.41) is 4.60. The van der Waals surface area contributed by atoms with E-state index < -0.39 is 0 Å². The average Bonchev–Trinajstić information content (AvgIpc) is 3.04. The molecule has 2 aromatic carbocycles. The summed E-state index contributed by atoms with van der Waals surface area (Å²) in [4.78, 5) is 3.40. The van der Waals surface area contributed by atoms with Gasteiger partial charge in [-0.05, 0) is 29.7 Å². The first-order valence-electron chi connectivity index (χ1n) is 7.93. The minimum atomic E-state index is 0.525. The highest BCUT2D eigenvalue weighted by Crippen LogP contribution is 2.36. The number of ether oxygens (including phenoxy) is 3. The first-order chi connectivity index (χ1) is 11.8. The van der Waals surface area contributed by atoms with E-state index in [4.69, 9.17) is 14.2 Å². The second kappa shape index (κ2) is 7.75. The Morgan fingerprint density at radius 3 is 2.42 bits per heavy atom. The SMILES string of the molecule is COc1cccc(OC)c1OCCNCc1cc2ccccc2[nH]1.